The zero-order valence-electron chi connectivity index (χ0n) is 14.4. The molecule has 0 spiro atoms. The number of carbonyl (C=O) groups excluding carboxylic acids is 1. The lowest BCUT2D eigenvalue weighted by Crippen LogP contribution is -2.33. The Morgan fingerprint density at radius 1 is 1.26 bits per heavy atom. The number of thiocarbonyl (C=S) groups is 1. The van der Waals surface area contributed by atoms with E-state index >= 15 is 0 Å². The zero-order valence-corrected chi connectivity index (χ0v) is 15.2. The van der Waals surface area contributed by atoms with Gasteiger partial charge in [0.15, 0.2) is 5.11 Å². The Labute approximate surface area is 145 Å². The summed E-state index contributed by atoms with van der Waals surface area (Å²) in [6.07, 6.45) is 4.83. The summed E-state index contributed by atoms with van der Waals surface area (Å²) in [5.74, 6) is 1.22. The minimum absolute atomic E-state index is 0.0363. The van der Waals surface area contributed by atoms with E-state index in [0.717, 1.165) is 30.7 Å². The van der Waals surface area contributed by atoms with Crippen LogP contribution < -0.4 is 15.4 Å². The quantitative estimate of drug-likeness (QED) is 0.515. The van der Waals surface area contributed by atoms with Gasteiger partial charge in [-0.15, -0.1) is 0 Å². The van der Waals surface area contributed by atoms with Gasteiger partial charge in [0.05, 0.1) is 6.61 Å². The van der Waals surface area contributed by atoms with E-state index in [1.807, 2.05) is 24.3 Å². The predicted octanol–water partition coefficient (Wildman–Crippen LogP) is 4.50. The molecule has 1 rings (SSSR count). The van der Waals surface area contributed by atoms with E-state index in [1.54, 1.807) is 0 Å². The fourth-order valence-corrected chi connectivity index (χ4v) is 2.22. The fraction of sp³-hybridized carbons (Fsp3) is 0.556. The number of ether oxygens (including phenoxy) is 1. The van der Waals surface area contributed by atoms with Crippen molar-refractivity contribution in [3.8, 4) is 5.75 Å². The molecule has 0 radical (unpaired) electrons. The maximum atomic E-state index is 11.8. The molecule has 0 atom stereocenters. The molecule has 1 aromatic carbocycles. The van der Waals surface area contributed by atoms with E-state index in [4.69, 9.17) is 17.0 Å². The van der Waals surface area contributed by atoms with Crippen molar-refractivity contribution in [1.29, 1.82) is 0 Å². The molecule has 5 heteroatoms. The normalized spacial score (nSPS) is 10.4. The number of hydrogen-bond donors (Lipinski definition) is 2. The second-order valence-corrected chi connectivity index (χ2v) is 6.45. The molecule has 1 aromatic rings. The van der Waals surface area contributed by atoms with Crippen molar-refractivity contribution < 1.29 is 9.53 Å². The Morgan fingerprint density at radius 3 is 2.74 bits per heavy atom. The molecule has 0 saturated carbocycles. The van der Waals surface area contributed by atoms with E-state index in [9.17, 15) is 4.79 Å². The van der Waals surface area contributed by atoms with Gasteiger partial charge in [-0.1, -0.05) is 46.1 Å². The van der Waals surface area contributed by atoms with Gasteiger partial charge in [-0.25, -0.2) is 0 Å². The lowest BCUT2D eigenvalue weighted by molar-refractivity contribution is -0.119. The monoisotopic (exact) mass is 336 g/mol. The third kappa shape index (κ3) is 9.18. The highest BCUT2D eigenvalue weighted by atomic mass is 32.1. The first-order valence-corrected chi connectivity index (χ1v) is 8.75. The van der Waals surface area contributed by atoms with Crippen LogP contribution >= 0.6 is 12.2 Å². The highest BCUT2D eigenvalue weighted by Crippen LogP contribution is 2.18. The van der Waals surface area contributed by atoms with E-state index in [2.05, 4.69) is 31.4 Å². The van der Waals surface area contributed by atoms with Gasteiger partial charge in [0, 0.05) is 18.2 Å². The molecule has 2 N–H and O–H groups in total. The van der Waals surface area contributed by atoms with Crippen LogP contribution in [0.1, 0.15) is 52.9 Å². The first-order valence-electron chi connectivity index (χ1n) is 8.35. The Hall–Kier alpha value is -1.62. The standard InChI is InChI=1S/C18H28N2O2S/c1-4-5-6-7-11-17(21)20-18(23)19-15-9-8-10-16(12-15)22-13-14(2)3/h8-10,12,14H,4-7,11,13H2,1-3H3,(H2,19,20,21,23). The predicted molar refractivity (Wildman–Crippen MR) is 99.9 cm³/mol. The number of nitrogens with one attached hydrogen (secondary N) is 2. The second kappa shape index (κ2) is 11.0. The number of benzene rings is 1. The number of anilines is 1. The summed E-state index contributed by atoms with van der Waals surface area (Å²) in [5.41, 5.74) is 0.808. The SMILES string of the molecule is CCCCCCC(=O)NC(=S)Nc1cccc(OCC(C)C)c1. The molecular formula is C18H28N2O2S. The number of amides is 1. The third-order valence-electron chi connectivity index (χ3n) is 3.19. The second-order valence-electron chi connectivity index (χ2n) is 6.05. The van der Waals surface area contributed by atoms with Gasteiger partial charge in [-0.3, -0.25) is 4.79 Å². The molecule has 0 aliphatic heterocycles. The van der Waals surface area contributed by atoms with Crippen LogP contribution in [0, 0.1) is 5.92 Å². The van der Waals surface area contributed by atoms with Crippen molar-refractivity contribution in [2.24, 2.45) is 5.92 Å². The Kier molecular flexibility index (Phi) is 9.29. The summed E-state index contributed by atoms with van der Waals surface area (Å²) in [6.45, 7) is 7.03. The average Bonchev–Trinajstić information content (AvgIpc) is 2.50. The molecule has 0 unspecified atom stereocenters. The minimum atomic E-state index is -0.0363. The summed E-state index contributed by atoms with van der Waals surface area (Å²) in [6, 6.07) is 7.57. The van der Waals surface area contributed by atoms with Crippen molar-refractivity contribution in [3.63, 3.8) is 0 Å². The maximum absolute atomic E-state index is 11.8. The first-order chi connectivity index (χ1) is 11.0. The molecule has 0 fully saturated rings. The van der Waals surface area contributed by atoms with Crippen LogP contribution in [0.15, 0.2) is 24.3 Å². The third-order valence-corrected chi connectivity index (χ3v) is 3.39. The molecule has 0 saturated heterocycles. The number of carbonyl (C=O) groups is 1. The van der Waals surface area contributed by atoms with E-state index < -0.39 is 0 Å². The lowest BCUT2D eigenvalue weighted by Gasteiger charge is -2.12. The summed E-state index contributed by atoms with van der Waals surface area (Å²) >= 11 is 5.18. The van der Waals surface area contributed by atoms with Gasteiger partial charge in [0.2, 0.25) is 5.91 Å². The highest BCUT2D eigenvalue weighted by molar-refractivity contribution is 7.80. The van der Waals surface area contributed by atoms with Gasteiger partial charge in [-0.05, 0) is 36.7 Å². The molecular weight excluding hydrogens is 308 g/mol. The summed E-state index contributed by atoms with van der Waals surface area (Å²) < 4.78 is 5.68. The van der Waals surface area contributed by atoms with Crippen LogP contribution in [-0.2, 0) is 4.79 Å². The van der Waals surface area contributed by atoms with Crippen LogP contribution in [0.2, 0.25) is 0 Å². The zero-order chi connectivity index (χ0) is 17.1. The van der Waals surface area contributed by atoms with Crippen LogP contribution in [0.5, 0.6) is 5.75 Å². The summed E-state index contributed by atoms with van der Waals surface area (Å²) in [4.78, 5) is 11.8. The summed E-state index contributed by atoms with van der Waals surface area (Å²) in [7, 11) is 0. The molecule has 4 nitrogen and oxygen atoms in total. The molecule has 0 heterocycles. The van der Waals surface area contributed by atoms with Crippen LogP contribution in [0.4, 0.5) is 5.69 Å². The largest absolute Gasteiger partial charge is 0.493 e. The maximum Gasteiger partial charge on any atom is 0.226 e. The average molecular weight is 337 g/mol. The van der Waals surface area contributed by atoms with Crippen LogP contribution in [0.25, 0.3) is 0 Å². The van der Waals surface area contributed by atoms with Gasteiger partial charge in [-0.2, -0.15) is 0 Å². The van der Waals surface area contributed by atoms with Crippen LogP contribution in [0.3, 0.4) is 0 Å². The van der Waals surface area contributed by atoms with E-state index in [0.29, 0.717) is 24.1 Å². The van der Waals surface area contributed by atoms with Crippen molar-refractivity contribution in [1.82, 2.24) is 5.32 Å². The smallest absolute Gasteiger partial charge is 0.226 e. The minimum Gasteiger partial charge on any atom is -0.493 e. The molecule has 1 amide bonds. The van der Waals surface area contributed by atoms with Crippen molar-refractivity contribution in [2.75, 3.05) is 11.9 Å². The summed E-state index contributed by atoms with van der Waals surface area (Å²) in [5, 5.41) is 6.06. The topological polar surface area (TPSA) is 50.4 Å². The van der Waals surface area contributed by atoms with Gasteiger partial charge in [0.25, 0.3) is 0 Å². The number of unbranched alkanes of at least 4 members (excludes halogenated alkanes) is 3. The number of rotatable bonds is 9. The van der Waals surface area contributed by atoms with E-state index in [-0.39, 0.29) is 5.91 Å². The molecule has 0 aromatic heterocycles. The van der Waals surface area contributed by atoms with Gasteiger partial charge >= 0.3 is 0 Å². The Morgan fingerprint density at radius 2 is 2.04 bits per heavy atom. The number of hydrogen-bond acceptors (Lipinski definition) is 3. The molecule has 23 heavy (non-hydrogen) atoms. The van der Waals surface area contributed by atoms with Crippen molar-refractivity contribution >= 4 is 28.9 Å². The molecule has 128 valence electrons. The van der Waals surface area contributed by atoms with Crippen molar-refractivity contribution in [3.05, 3.63) is 24.3 Å². The Bertz CT molecular complexity index is 504. The first kappa shape index (κ1) is 19.4. The molecule has 0 aliphatic rings. The molecule has 0 bridgehead atoms. The van der Waals surface area contributed by atoms with E-state index in [1.165, 1.54) is 6.42 Å². The van der Waals surface area contributed by atoms with Gasteiger partial charge in [0.1, 0.15) is 5.75 Å². The van der Waals surface area contributed by atoms with Crippen molar-refractivity contribution in [2.45, 2.75) is 52.9 Å². The highest BCUT2D eigenvalue weighted by Gasteiger charge is 2.05. The Balaban J connectivity index is 2.38. The fourth-order valence-electron chi connectivity index (χ4n) is 1.99. The lowest BCUT2D eigenvalue weighted by atomic mass is 10.1. The molecule has 0 aliphatic carbocycles. The van der Waals surface area contributed by atoms with Crippen LogP contribution in [-0.4, -0.2) is 17.6 Å². The van der Waals surface area contributed by atoms with Gasteiger partial charge < -0.3 is 15.4 Å².